The largest absolute Gasteiger partial charge is 0.377 e. The van der Waals surface area contributed by atoms with Gasteiger partial charge in [-0.25, -0.2) is 9.97 Å². The number of rotatable bonds is 10. The molecule has 0 saturated carbocycles. The molecule has 1 atom stereocenters. The van der Waals surface area contributed by atoms with Crippen molar-refractivity contribution in [3.63, 3.8) is 0 Å². The van der Waals surface area contributed by atoms with Crippen molar-refractivity contribution >= 4 is 11.6 Å². The Balaban J connectivity index is 2.62. The fraction of sp³-hybridized carbons (Fsp3) is 0.750. The molecule has 5 nitrogen and oxygen atoms in total. The van der Waals surface area contributed by atoms with Gasteiger partial charge in [0.1, 0.15) is 18.2 Å². The van der Waals surface area contributed by atoms with Crippen molar-refractivity contribution in [1.29, 1.82) is 0 Å². The Labute approximate surface area is 128 Å². The lowest BCUT2D eigenvalue weighted by Gasteiger charge is -2.16. The topological polar surface area (TPSA) is 59.1 Å². The number of nitrogens with zero attached hydrogens (tertiary/aromatic N) is 2. The molecule has 0 aromatic carbocycles. The van der Waals surface area contributed by atoms with Crippen molar-refractivity contribution in [3.8, 4) is 0 Å². The maximum absolute atomic E-state index is 5.13. The highest BCUT2D eigenvalue weighted by Crippen LogP contribution is 2.15. The van der Waals surface area contributed by atoms with Gasteiger partial charge in [-0.3, -0.25) is 0 Å². The van der Waals surface area contributed by atoms with Crippen molar-refractivity contribution in [2.45, 2.75) is 59.6 Å². The van der Waals surface area contributed by atoms with Gasteiger partial charge in [0.25, 0.3) is 0 Å². The van der Waals surface area contributed by atoms with E-state index in [1.165, 1.54) is 12.8 Å². The highest BCUT2D eigenvalue weighted by atomic mass is 16.5. The second-order valence-corrected chi connectivity index (χ2v) is 5.89. The normalized spacial score (nSPS) is 12.5. The van der Waals surface area contributed by atoms with Crippen LogP contribution in [0.25, 0.3) is 0 Å². The van der Waals surface area contributed by atoms with Crippen LogP contribution in [0.2, 0.25) is 0 Å². The van der Waals surface area contributed by atoms with Crippen LogP contribution in [0.1, 0.15) is 52.8 Å². The molecule has 1 aromatic heterocycles. The molecule has 0 aliphatic carbocycles. The van der Waals surface area contributed by atoms with Crippen molar-refractivity contribution < 1.29 is 4.74 Å². The Kier molecular flexibility index (Phi) is 8.05. The molecule has 0 aliphatic rings. The fourth-order valence-corrected chi connectivity index (χ4v) is 2.19. The van der Waals surface area contributed by atoms with Crippen molar-refractivity contribution in [2.24, 2.45) is 5.92 Å². The van der Waals surface area contributed by atoms with Gasteiger partial charge in [-0.05, 0) is 26.2 Å². The lowest BCUT2D eigenvalue weighted by atomic mass is 10.0. The third-order valence-corrected chi connectivity index (χ3v) is 3.22. The van der Waals surface area contributed by atoms with Crippen LogP contribution in [-0.4, -0.2) is 29.7 Å². The number of hydrogen-bond acceptors (Lipinski definition) is 5. The second kappa shape index (κ2) is 9.55. The molecule has 0 radical (unpaired) electrons. The number of aromatic nitrogens is 2. The van der Waals surface area contributed by atoms with Gasteiger partial charge in [0.2, 0.25) is 0 Å². The van der Waals surface area contributed by atoms with E-state index in [9.17, 15) is 0 Å². The van der Waals surface area contributed by atoms with Gasteiger partial charge in [0.05, 0.1) is 0 Å². The third kappa shape index (κ3) is 7.27. The monoisotopic (exact) mass is 294 g/mol. The minimum Gasteiger partial charge on any atom is -0.377 e. The third-order valence-electron chi connectivity index (χ3n) is 3.22. The smallest absolute Gasteiger partial charge is 0.158 e. The highest BCUT2D eigenvalue weighted by Gasteiger charge is 2.08. The van der Waals surface area contributed by atoms with E-state index < -0.39 is 0 Å². The molecule has 1 heterocycles. The van der Waals surface area contributed by atoms with Crippen LogP contribution in [0.5, 0.6) is 0 Å². The van der Waals surface area contributed by atoms with Crippen molar-refractivity contribution in [1.82, 2.24) is 9.97 Å². The summed E-state index contributed by atoms with van der Waals surface area (Å²) in [5, 5.41) is 6.70. The van der Waals surface area contributed by atoms with Gasteiger partial charge >= 0.3 is 0 Å². The van der Waals surface area contributed by atoms with Crippen LogP contribution in [0.4, 0.5) is 11.6 Å². The summed E-state index contributed by atoms with van der Waals surface area (Å²) in [6.45, 7) is 10.1. The number of hydrogen-bond donors (Lipinski definition) is 2. The number of anilines is 2. The predicted molar refractivity (Wildman–Crippen MR) is 88.7 cm³/mol. The molecule has 0 fully saturated rings. The maximum atomic E-state index is 5.13. The molecule has 21 heavy (non-hydrogen) atoms. The summed E-state index contributed by atoms with van der Waals surface area (Å²) in [7, 11) is 1.66. The van der Waals surface area contributed by atoms with E-state index >= 15 is 0 Å². The number of methoxy groups -OCH3 is 1. The molecule has 1 aromatic rings. The Hall–Kier alpha value is -1.36. The minimum atomic E-state index is 0.406. The minimum absolute atomic E-state index is 0.406. The fourth-order valence-electron chi connectivity index (χ4n) is 2.19. The quantitative estimate of drug-likeness (QED) is 0.689. The number of ether oxygens (including phenoxy) is 1. The van der Waals surface area contributed by atoms with E-state index in [0.29, 0.717) is 18.5 Å². The zero-order chi connectivity index (χ0) is 15.7. The van der Waals surface area contributed by atoms with Gasteiger partial charge in [0, 0.05) is 25.8 Å². The summed E-state index contributed by atoms with van der Waals surface area (Å²) < 4.78 is 5.13. The van der Waals surface area contributed by atoms with Crippen molar-refractivity contribution in [2.75, 3.05) is 24.3 Å². The zero-order valence-electron chi connectivity index (χ0n) is 14.1. The Morgan fingerprint density at radius 3 is 2.48 bits per heavy atom. The first-order valence-corrected chi connectivity index (χ1v) is 7.92. The average Bonchev–Trinajstić information content (AvgIpc) is 2.38. The molecular formula is C16H30N4O. The summed E-state index contributed by atoms with van der Waals surface area (Å²) in [5.74, 6) is 3.18. The van der Waals surface area contributed by atoms with E-state index in [2.05, 4.69) is 48.3 Å². The molecule has 1 rings (SSSR count). The lowest BCUT2D eigenvalue weighted by Crippen LogP contribution is -2.17. The van der Waals surface area contributed by atoms with Gasteiger partial charge in [-0.2, -0.15) is 0 Å². The molecule has 1 unspecified atom stereocenters. The van der Waals surface area contributed by atoms with Gasteiger partial charge < -0.3 is 15.4 Å². The summed E-state index contributed by atoms with van der Waals surface area (Å²) >= 11 is 0. The molecule has 0 saturated heterocycles. The average molecular weight is 294 g/mol. The van der Waals surface area contributed by atoms with Crippen LogP contribution >= 0.6 is 0 Å². The van der Waals surface area contributed by atoms with Crippen LogP contribution in [0.3, 0.4) is 0 Å². The summed E-state index contributed by atoms with van der Waals surface area (Å²) in [6.07, 6.45) is 3.66. The summed E-state index contributed by atoms with van der Waals surface area (Å²) in [4.78, 5) is 8.92. The van der Waals surface area contributed by atoms with Crippen LogP contribution in [0.15, 0.2) is 6.07 Å². The molecule has 0 bridgehead atoms. The lowest BCUT2D eigenvalue weighted by molar-refractivity contribution is 0.178. The predicted octanol–water partition coefficient (Wildman–Crippen LogP) is 3.68. The zero-order valence-corrected chi connectivity index (χ0v) is 14.1. The molecular weight excluding hydrogens is 264 g/mol. The van der Waals surface area contributed by atoms with E-state index in [-0.39, 0.29) is 0 Å². The molecule has 5 heteroatoms. The van der Waals surface area contributed by atoms with E-state index in [0.717, 1.165) is 30.5 Å². The first-order chi connectivity index (χ1) is 10.0. The number of nitrogens with one attached hydrogen (secondary N) is 2. The van der Waals surface area contributed by atoms with Crippen LogP contribution < -0.4 is 10.6 Å². The molecule has 2 N–H and O–H groups in total. The first kappa shape index (κ1) is 17.7. The maximum Gasteiger partial charge on any atom is 0.158 e. The molecule has 0 amide bonds. The van der Waals surface area contributed by atoms with Crippen LogP contribution in [0, 0.1) is 5.92 Å². The van der Waals surface area contributed by atoms with Gasteiger partial charge in [-0.1, -0.05) is 26.7 Å². The Morgan fingerprint density at radius 1 is 1.14 bits per heavy atom. The molecule has 0 aliphatic heterocycles. The SMILES string of the molecule is CCNc1cc(NC(C)CCCC(C)C)nc(COC)n1. The van der Waals surface area contributed by atoms with Crippen LogP contribution in [-0.2, 0) is 11.3 Å². The van der Waals surface area contributed by atoms with E-state index in [1.54, 1.807) is 7.11 Å². The van der Waals surface area contributed by atoms with E-state index in [1.807, 2.05) is 6.07 Å². The van der Waals surface area contributed by atoms with Gasteiger partial charge in [-0.15, -0.1) is 0 Å². The molecule has 120 valence electrons. The molecule has 0 spiro atoms. The summed E-state index contributed by atoms with van der Waals surface area (Å²) in [5.41, 5.74) is 0. The van der Waals surface area contributed by atoms with E-state index in [4.69, 9.17) is 4.74 Å². The van der Waals surface area contributed by atoms with Gasteiger partial charge in [0.15, 0.2) is 5.82 Å². The first-order valence-electron chi connectivity index (χ1n) is 7.92. The highest BCUT2D eigenvalue weighted by molar-refractivity contribution is 5.47. The Morgan fingerprint density at radius 2 is 1.86 bits per heavy atom. The van der Waals surface area contributed by atoms with Crippen molar-refractivity contribution in [3.05, 3.63) is 11.9 Å². The Bertz CT molecular complexity index is 385. The summed E-state index contributed by atoms with van der Waals surface area (Å²) in [6, 6.07) is 2.37. The standard InChI is InChI=1S/C16H30N4O/c1-6-17-14-10-15(20-16(19-14)11-21-5)18-13(4)9-7-8-12(2)3/h10,12-13H,6-9,11H2,1-5H3,(H2,17,18,19,20). The second-order valence-electron chi connectivity index (χ2n) is 5.89.